The van der Waals surface area contributed by atoms with E-state index in [0.717, 1.165) is 0 Å². The van der Waals surface area contributed by atoms with E-state index in [1.54, 1.807) is 0 Å². The zero-order chi connectivity index (χ0) is 33.4. The van der Waals surface area contributed by atoms with Gasteiger partial charge in [-0.1, -0.05) is 12.1 Å². The van der Waals surface area contributed by atoms with E-state index in [0.29, 0.717) is 12.0 Å². The largest absolute Gasteiger partial charge is 0.508 e. The van der Waals surface area contributed by atoms with E-state index in [1.807, 2.05) is 5.32 Å². The molecule has 0 saturated carbocycles. The number of aliphatic carboxylic acids is 3. The number of nitrogens with one attached hydrogen (secondary N) is 4. The first kappa shape index (κ1) is 36.6. The summed E-state index contributed by atoms with van der Waals surface area (Å²) in [5.41, 5.74) is 16.5. The summed E-state index contributed by atoms with van der Waals surface area (Å²) in [5, 5.41) is 45.7. The molecular formula is C25H36N8O11. The number of carboxylic acids is 3. The molecule has 1 aromatic rings. The average molecular weight is 625 g/mol. The van der Waals surface area contributed by atoms with Crippen molar-refractivity contribution in [1.82, 2.24) is 21.3 Å². The van der Waals surface area contributed by atoms with Gasteiger partial charge in [0.15, 0.2) is 5.96 Å². The Hall–Kier alpha value is -5.46. The standard InChI is InChI=1S/C25H36N8O11/c26-14(2-1-7-29-25(27)28)21(40)30-11-18(35)31-16(9-19(36)37)23(42)32-15(8-12-3-5-13(34)6-4-12)22(41)33-17(24(43)44)10-20(38)39/h3-6,14-17,34H,1-2,7-11,26H2,(H,30,40)(H,31,35)(H,32,42)(H,33,41)(H,36,37)(H,38,39)(H,43,44)(H4,27,28,29)/t14-,15+,16-,17-/m0/s1. The zero-order valence-corrected chi connectivity index (χ0v) is 23.4. The van der Waals surface area contributed by atoms with Crippen LogP contribution in [0.3, 0.4) is 0 Å². The molecule has 0 unspecified atom stereocenters. The van der Waals surface area contributed by atoms with Gasteiger partial charge in [0.25, 0.3) is 0 Å². The first-order valence-electron chi connectivity index (χ1n) is 13.0. The zero-order valence-electron chi connectivity index (χ0n) is 23.4. The second kappa shape index (κ2) is 18.2. The van der Waals surface area contributed by atoms with Gasteiger partial charge in [-0.2, -0.15) is 0 Å². The Morgan fingerprint density at radius 3 is 1.86 bits per heavy atom. The van der Waals surface area contributed by atoms with Crippen LogP contribution in [0, 0.1) is 0 Å². The van der Waals surface area contributed by atoms with Gasteiger partial charge in [-0.05, 0) is 30.5 Å². The maximum atomic E-state index is 13.1. The van der Waals surface area contributed by atoms with Gasteiger partial charge >= 0.3 is 17.9 Å². The van der Waals surface area contributed by atoms with E-state index >= 15 is 0 Å². The molecule has 0 radical (unpaired) electrons. The Balaban J connectivity index is 2.99. The highest BCUT2D eigenvalue weighted by molar-refractivity contribution is 5.96. The summed E-state index contributed by atoms with van der Waals surface area (Å²) in [4.78, 5) is 88.3. The molecule has 19 nitrogen and oxygen atoms in total. The predicted molar refractivity (Wildman–Crippen MR) is 151 cm³/mol. The van der Waals surface area contributed by atoms with Crippen molar-refractivity contribution < 1.29 is 54.0 Å². The van der Waals surface area contributed by atoms with Gasteiger partial charge in [0.05, 0.1) is 25.4 Å². The lowest BCUT2D eigenvalue weighted by atomic mass is 10.0. The quantitative estimate of drug-likeness (QED) is 0.0396. The second-order valence-electron chi connectivity index (χ2n) is 9.42. The van der Waals surface area contributed by atoms with Crippen LogP contribution in [-0.4, -0.2) is 105 Å². The van der Waals surface area contributed by atoms with Crippen LogP contribution in [0.1, 0.15) is 31.2 Å². The van der Waals surface area contributed by atoms with Gasteiger partial charge in [0, 0.05) is 13.0 Å². The molecule has 44 heavy (non-hydrogen) atoms. The molecule has 4 atom stereocenters. The minimum absolute atomic E-state index is 0.116. The number of nitrogens with two attached hydrogens (primary N) is 3. The summed E-state index contributed by atoms with van der Waals surface area (Å²) < 4.78 is 0. The van der Waals surface area contributed by atoms with Crippen molar-refractivity contribution in [2.24, 2.45) is 22.2 Å². The molecule has 4 amide bonds. The summed E-state index contributed by atoms with van der Waals surface area (Å²) in [7, 11) is 0. The number of carboxylic acid groups (broad SMARTS) is 3. The van der Waals surface area contributed by atoms with Crippen LogP contribution in [0.4, 0.5) is 0 Å². The number of rotatable bonds is 19. The minimum Gasteiger partial charge on any atom is -0.508 e. The number of phenolic OH excluding ortho intramolecular Hbond substituents is 1. The van der Waals surface area contributed by atoms with Crippen molar-refractivity contribution in [2.45, 2.75) is 56.3 Å². The molecule has 0 fully saturated rings. The molecule has 242 valence electrons. The number of aromatic hydroxyl groups is 1. The molecule has 0 bridgehead atoms. The van der Waals surface area contributed by atoms with E-state index in [2.05, 4.69) is 20.9 Å². The number of hydrogen-bond acceptors (Lipinski definition) is 10. The van der Waals surface area contributed by atoms with Crippen LogP contribution in [0.25, 0.3) is 0 Å². The lowest BCUT2D eigenvalue weighted by Crippen LogP contribution is -2.57. The van der Waals surface area contributed by atoms with Crippen LogP contribution >= 0.6 is 0 Å². The van der Waals surface area contributed by atoms with Crippen molar-refractivity contribution >= 4 is 47.5 Å². The van der Waals surface area contributed by atoms with Gasteiger partial charge < -0.3 is 58.9 Å². The smallest absolute Gasteiger partial charge is 0.326 e. The van der Waals surface area contributed by atoms with E-state index in [1.165, 1.54) is 24.3 Å². The monoisotopic (exact) mass is 624 g/mol. The van der Waals surface area contributed by atoms with Crippen LogP contribution in [0.2, 0.25) is 0 Å². The number of aliphatic imine (C=N–C) groups is 1. The second-order valence-corrected chi connectivity index (χ2v) is 9.42. The molecular weight excluding hydrogens is 588 g/mol. The van der Waals surface area contributed by atoms with E-state index in [4.69, 9.17) is 22.3 Å². The highest BCUT2D eigenvalue weighted by Crippen LogP contribution is 2.12. The molecule has 14 N–H and O–H groups in total. The molecule has 0 heterocycles. The number of hydrogen-bond donors (Lipinski definition) is 11. The SMILES string of the molecule is NC(N)=NCCC[C@H](N)C(=O)NCC(=O)N[C@@H](CC(=O)O)C(=O)N[C@H](Cc1ccc(O)cc1)C(=O)N[C@@H](CC(=O)O)C(=O)O. The van der Waals surface area contributed by atoms with Crippen molar-refractivity contribution in [3.05, 3.63) is 29.8 Å². The van der Waals surface area contributed by atoms with Gasteiger partial charge in [-0.25, -0.2) is 4.79 Å². The number of amides is 4. The molecule has 0 spiro atoms. The summed E-state index contributed by atoms with van der Waals surface area (Å²) in [5.74, 6) is -8.92. The lowest BCUT2D eigenvalue weighted by molar-refractivity contribution is -0.147. The third-order valence-electron chi connectivity index (χ3n) is 5.76. The third kappa shape index (κ3) is 14.4. The van der Waals surface area contributed by atoms with Gasteiger partial charge in [-0.15, -0.1) is 0 Å². The van der Waals surface area contributed by atoms with Crippen molar-refractivity contribution in [3.63, 3.8) is 0 Å². The van der Waals surface area contributed by atoms with Crippen LogP contribution in [0.15, 0.2) is 29.3 Å². The van der Waals surface area contributed by atoms with Crippen molar-refractivity contribution in [3.8, 4) is 5.75 Å². The highest BCUT2D eigenvalue weighted by atomic mass is 16.4. The third-order valence-corrected chi connectivity index (χ3v) is 5.76. The Morgan fingerprint density at radius 2 is 1.32 bits per heavy atom. The number of nitrogens with zero attached hydrogens (tertiary/aromatic N) is 1. The lowest BCUT2D eigenvalue weighted by Gasteiger charge is -2.24. The predicted octanol–water partition coefficient (Wildman–Crippen LogP) is -4.08. The fourth-order valence-corrected chi connectivity index (χ4v) is 3.57. The van der Waals surface area contributed by atoms with Crippen LogP contribution in [-0.2, 0) is 40.0 Å². The van der Waals surface area contributed by atoms with Crippen molar-refractivity contribution in [1.29, 1.82) is 0 Å². The average Bonchev–Trinajstić information content (AvgIpc) is 2.93. The van der Waals surface area contributed by atoms with Crippen molar-refractivity contribution in [2.75, 3.05) is 13.1 Å². The molecule has 0 aliphatic carbocycles. The Morgan fingerprint density at radius 1 is 0.773 bits per heavy atom. The number of phenols is 1. The Bertz CT molecular complexity index is 1230. The molecule has 19 heteroatoms. The van der Waals surface area contributed by atoms with E-state index in [-0.39, 0.29) is 31.1 Å². The van der Waals surface area contributed by atoms with Gasteiger partial charge in [-0.3, -0.25) is 33.8 Å². The molecule has 0 aliphatic heterocycles. The molecule has 0 saturated heterocycles. The maximum absolute atomic E-state index is 13.1. The molecule has 1 aromatic carbocycles. The minimum atomic E-state index is -1.87. The topological polar surface area (TPSA) is 339 Å². The number of carbonyl (C=O) groups is 7. The number of benzene rings is 1. The van der Waals surface area contributed by atoms with Crippen LogP contribution in [0.5, 0.6) is 5.75 Å². The summed E-state index contributed by atoms with van der Waals surface area (Å²) in [6, 6.07) is -0.901. The molecule has 0 aromatic heterocycles. The fourth-order valence-electron chi connectivity index (χ4n) is 3.57. The summed E-state index contributed by atoms with van der Waals surface area (Å²) in [6.45, 7) is -0.463. The first-order chi connectivity index (χ1) is 20.6. The van der Waals surface area contributed by atoms with Crippen LogP contribution < -0.4 is 38.5 Å². The van der Waals surface area contributed by atoms with Gasteiger partial charge in [0.1, 0.15) is 23.9 Å². The van der Waals surface area contributed by atoms with E-state index < -0.39 is 85.1 Å². The Labute approximate surface area is 250 Å². The highest BCUT2D eigenvalue weighted by Gasteiger charge is 2.31. The fraction of sp³-hybridized carbons (Fsp3) is 0.440. The molecule has 0 aliphatic rings. The first-order valence-corrected chi connectivity index (χ1v) is 13.0. The normalized spacial score (nSPS) is 13.2. The molecule has 1 rings (SSSR count). The number of carbonyl (C=O) groups excluding carboxylic acids is 4. The summed E-state index contributed by atoms with van der Waals surface area (Å²) in [6.07, 6.45) is -1.69. The van der Waals surface area contributed by atoms with E-state index in [9.17, 15) is 48.9 Å². The number of guanidine groups is 1. The van der Waals surface area contributed by atoms with Gasteiger partial charge in [0.2, 0.25) is 23.6 Å². The summed E-state index contributed by atoms with van der Waals surface area (Å²) >= 11 is 0. The Kier molecular flexibility index (Phi) is 15.1. The maximum Gasteiger partial charge on any atom is 0.326 e.